The first-order valence-electron chi connectivity index (χ1n) is 3.99. The zero-order valence-corrected chi connectivity index (χ0v) is 9.06. The number of rotatable bonds is 1. The van der Waals surface area contributed by atoms with Crippen molar-refractivity contribution in [2.75, 3.05) is 5.73 Å². The molecular weight excluding hydrogens is 246 g/mol. The number of benzene rings is 1. The van der Waals surface area contributed by atoms with E-state index in [4.69, 9.17) is 5.73 Å². The standard InChI is InChI=1S/C8H8BrN5/c1-5-6(9)3-2-4-7(5)14-8(10)11-12-13-14/h2-4H,1H3,(H2,10,11,13). The molecule has 0 fully saturated rings. The SMILES string of the molecule is Cc1c(Br)cccc1-n1nnnc1N. The van der Waals surface area contributed by atoms with E-state index in [1.165, 1.54) is 4.68 Å². The summed E-state index contributed by atoms with van der Waals surface area (Å²) >= 11 is 3.43. The minimum Gasteiger partial charge on any atom is -0.366 e. The highest BCUT2D eigenvalue weighted by Crippen LogP contribution is 2.22. The lowest BCUT2D eigenvalue weighted by Gasteiger charge is -2.06. The molecule has 0 unspecified atom stereocenters. The summed E-state index contributed by atoms with van der Waals surface area (Å²) in [4.78, 5) is 0. The van der Waals surface area contributed by atoms with Crippen LogP contribution in [0.1, 0.15) is 5.56 Å². The monoisotopic (exact) mass is 253 g/mol. The number of anilines is 1. The summed E-state index contributed by atoms with van der Waals surface area (Å²) in [6, 6.07) is 5.78. The summed E-state index contributed by atoms with van der Waals surface area (Å²) in [5, 5.41) is 10.9. The fraction of sp³-hybridized carbons (Fsp3) is 0.125. The molecule has 5 nitrogen and oxygen atoms in total. The highest BCUT2D eigenvalue weighted by atomic mass is 79.9. The Morgan fingerprint density at radius 2 is 2.21 bits per heavy atom. The van der Waals surface area contributed by atoms with E-state index in [-0.39, 0.29) is 5.95 Å². The molecule has 2 N–H and O–H groups in total. The van der Waals surface area contributed by atoms with Gasteiger partial charge in [-0.15, -0.1) is 0 Å². The van der Waals surface area contributed by atoms with E-state index < -0.39 is 0 Å². The molecule has 14 heavy (non-hydrogen) atoms. The topological polar surface area (TPSA) is 69.6 Å². The maximum absolute atomic E-state index is 5.60. The summed E-state index contributed by atoms with van der Waals surface area (Å²) in [6.07, 6.45) is 0. The van der Waals surface area contributed by atoms with Crippen molar-refractivity contribution in [2.24, 2.45) is 0 Å². The van der Waals surface area contributed by atoms with Gasteiger partial charge in [0.15, 0.2) is 0 Å². The van der Waals surface area contributed by atoms with Crippen molar-refractivity contribution in [3.8, 4) is 5.69 Å². The van der Waals surface area contributed by atoms with Crippen molar-refractivity contribution in [2.45, 2.75) is 6.92 Å². The molecule has 0 spiro atoms. The summed E-state index contributed by atoms with van der Waals surface area (Å²) in [6.45, 7) is 1.97. The molecule has 6 heteroatoms. The normalized spacial score (nSPS) is 10.4. The highest BCUT2D eigenvalue weighted by Gasteiger charge is 2.08. The van der Waals surface area contributed by atoms with Crippen LogP contribution in [0.4, 0.5) is 5.95 Å². The van der Waals surface area contributed by atoms with Crippen LogP contribution in [0.5, 0.6) is 0 Å². The van der Waals surface area contributed by atoms with Crippen molar-refractivity contribution < 1.29 is 0 Å². The van der Waals surface area contributed by atoms with E-state index >= 15 is 0 Å². The van der Waals surface area contributed by atoms with Crippen LogP contribution in [-0.2, 0) is 0 Å². The molecule has 0 aliphatic carbocycles. The molecule has 0 saturated carbocycles. The number of halogens is 1. The zero-order chi connectivity index (χ0) is 10.1. The van der Waals surface area contributed by atoms with Gasteiger partial charge < -0.3 is 5.73 Å². The van der Waals surface area contributed by atoms with Crippen molar-refractivity contribution >= 4 is 21.9 Å². The van der Waals surface area contributed by atoms with Crippen molar-refractivity contribution in [1.29, 1.82) is 0 Å². The highest BCUT2D eigenvalue weighted by molar-refractivity contribution is 9.10. The molecule has 1 heterocycles. The first kappa shape index (κ1) is 9.14. The summed E-state index contributed by atoms with van der Waals surface area (Å²) in [5.41, 5.74) is 7.53. The molecular formula is C8H8BrN5. The Morgan fingerprint density at radius 3 is 2.86 bits per heavy atom. The molecule has 2 rings (SSSR count). The number of hydrogen-bond donors (Lipinski definition) is 1. The molecule has 1 aromatic carbocycles. The number of hydrogen-bond acceptors (Lipinski definition) is 4. The quantitative estimate of drug-likeness (QED) is 0.833. The molecule has 72 valence electrons. The van der Waals surface area contributed by atoms with Gasteiger partial charge in [0.2, 0.25) is 5.95 Å². The van der Waals surface area contributed by atoms with Gasteiger partial charge in [0.1, 0.15) is 0 Å². The molecule has 2 aromatic rings. The summed E-state index contributed by atoms with van der Waals surface area (Å²) < 4.78 is 2.50. The maximum atomic E-state index is 5.60. The van der Waals surface area contributed by atoms with Crippen molar-refractivity contribution in [3.05, 3.63) is 28.2 Å². The van der Waals surface area contributed by atoms with Crippen molar-refractivity contribution in [1.82, 2.24) is 20.2 Å². The Kier molecular flexibility index (Phi) is 2.20. The lowest BCUT2D eigenvalue weighted by molar-refractivity contribution is 0.788. The van der Waals surface area contributed by atoms with Crippen LogP contribution in [0.3, 0.4) is 0 Å². The first-order valence-corrected chi connectivity index (χ1v) is 4.79. The van der Waals surface area contributed by atoms with E-state index in [1.807, 2.05) is 25.1 Å². The van der Waals surface area contributed by atoms with Crippen molar-refractivity contribution in [3.63, 3.8) is 0 Å². The van der Waals surface area contributed by atoms with Gasteiger partial charge in [-0.05, 0) is 35.0 Å². The number of tetrazole rings is 1. The van der Waals surface area contributed by atoms with E-state index in [1.54, 1.807) is 0 Å². The molecule has 0 aliphatic heterocycles. The molecule has 0 aliphatic rings. The number of nitrogen functional groups attached to an aromatic ring is 1. The Balaban J connectivity index is 2.63. The minimum atomic E-state index is 0.284. The van der Waals surface area contributed by atoms with Crippen LogP contribution in [0, 0.1) is 6.92 Å². The predicted molar refractivity (Wildman–Crippen MR) is 56.0 cm³/mol. The molecule has 0 atom stereocenters. The van der Waals surface area contributed by atoms with Crippen LogP contribution in [0.15, 0.2) is 22.7 Å². The number of aromatic nitrogens is 4. The summed E-state index contributed by atoms with van der Waals surface area (Å²) in [5.74, 6) is 0.284. The Bertz CT molecular complexity index is 465. The van der Waals surface area contributed by atoms with Gasteiger partial charge in [0.25, 0.3) is 0 Å². The van der Waals surface area contributed by atoms with Gasteiger partial charge in [0, 0.05) is 4.47 Å². The fourth-order valence-corrected chi connectivity index (χ4v) is 1.55. The second-order valence-electron chi connectivity index (χ2n) is 2.83. The Morgan fingerprint density at radius 1 is 1.43 bits per heavy atom. The van der Waals surface area contributed by atoms with Crippen LogP contribution < -0.4 is 5.73 Å². The minimum absolute atomic E-state index is 0.284. The third-order valence-electron chi connectivity index (χ3n) is 1.96. The van der Waals surface area contributed by atoms with E-state index in [9.17, 15) is 0 Å². The third kappa shape index (κ3) is 1.37. The van der Waals surface area contributed by atoms with Gasteiger partial charge in [0.05, 0.1) is 5.69 Å². The average Bonchev–Trinajstić information content (AvgIpc) is 2.57. The number of nitrogens with zero attached hydrogens (tertiary/aromatic N) is 4. The van der Waals surface area contributed by atoms with Crippen LogP contribution in [0.2, 0.25) is 0 Å². The van der Waals surface area contributed by atoms with Gasteiger partial charge in [-0.1, -0.05) is 27.1 Å². The number of nitrogens with two attached hydrogens (primary N) is 1. The predicted octanol–water partition coefficient (Wildman–Crippen LogP) is 1.32. The van der Waals surface area contributed by atoms with E-state index in [0.29, 0.717) is 0 Å². The van der Waals surface area contributed by atoms with Crippen LogP contribution in [0.25, 0.3) is 5.69 Å². The molecule has 0 amide bonds. The molecule has 1 aromatic heterocycles. The van der Waals surface area contributed by atoms with E-state index in [2.05, 4.69) is 31.5 Å². The lowest BCUT2D eigenvalue weighted by atomic mass is 10.2. The average molecular weight is 254 g/mol. The fourth-order valence-electron chi connectivity index (χ4n) is 1.19. The summed E-state index contributed by atoms with van der Waals surface area (Å²) in [7, 11) is 0. The second kappa shape index (κ2) is 3.38. The molecule has 0 saturated heterocycles. The van der Waals surface area contributed by atoms with Gasteiger partial charge in [-0.2, -0.15) is 4.68 Å². The smallest absolute Gasteiger partial charge is 0.245 e. The van der Waals surface area contributed by atoms with Gasteiger partial charge in [-0.3, -0.25) is 0 Å². The lowest BCUT2D eigenvalue weighted by Crippen LogP contribution is -2.04. The molecule has 0 bridgehead atoms. The van der Waals surface area contributed by atoms with Gasteiger partial charge in [-0.25, -0.2) is 0 Å². The largest absolute Gasteiger partial charge is 0.366 e. The Labute approximate surface area is 89.0 Å². The zero-order valence-electron chi connectivity index (χ0n) is 7.48. The second-order valence-corrected chi connectivity index (χ2v) is 3.69. The maximum Gasteiger partial charge on any atom is 0.245 e. The van der Waals surface area contributed by atoms with Crippen LogP contribution in [-0.4, -0.2) is 20.2 Å². The van der Waals surface area contributed by atoms with Crippen LogP contribution >= 0.6 is 15.9 Å². The molecule has 0 radical (unpaired) electrons. The van der Waals surface area contributed by atoms with Gasteiger partial charge >= 0.3 is 0 Å². The first-order chi connectivity index (χ1) is 6.70. The third-order valence-corrected chi connectivity index (χ3v) is 2.82. The Hall–Kier alpha value is -1.43. The van der Waals surface area contributed by atoms with E-state index in [0.717, 1.165) is 15.7 Å².